The Hall–Kier alpha value is -0.340. The van der Waals surface area contributed by atoms with Gasteiger partial charge in [-0.2, -0.15) is 11.3 Å². The molecule has 1 fully saturated rings. The van der Waals surface area contributed by atoms with Crippen LogP contribution in [-0.4, -0.2) is 5.11 Å². The number of aliphatic hydroxyl groups excluding tert-OH is 1. The Morgan fingerprint density at radius 1 is 1.33 bits per heavy atom. The minimum Gasteiger partial charge on any atom is -0.388 e. The number of hydrogen-bond acceptors (Lipinski definition) is 2. The van der Waals surface area contributed by atoms with E-state index >= 15 is 0 Å². The summed E-state index contributed by atoms with van der Waals surface area (Å²) < 4.78 is 0. The van der Waals surface area contributed by atoms with E-state index in [-0.39, 0.29) is 6.10 Å². The Morgan fingerprint density at radius 3 is 2.73 bits per heavy atom. The van der Waals surface area contributed by atoms with Crippen molar-refractivity contribution < 1.29 is 5.11 Å². The lowest BCUT2D eigenvalue weighted by Gasteiger charge is -2.34. The zero-order valence-electron chi connectivity index (χ0n) is 9.52. The molecule has 1 heterocycles. The normalized spacial score (nSPS) is 33.9. The highest BCUT2D eigenvalue weighted by Crippen LogP contribution is 2.40. The van der Waals surface area contributed by atoms with Crippen molar-refractivity contribution in [1.82, 2.24) is 0 Å². The van der Waals surface area contributed by atoms with E-state index in [0.29, 0.717) is 5.92 Å². The molecule has 1 N–H and O–H groups in total. The summed E-state index contributed by atoms with van der Waals surface area (Å²) in [5.41, 5.74) is 1.12. The van der Waals surface area contributed by atoms with Crippen molar-refractivity contribution in [3.05, 3.63) is 22.4 Å². The summed E-state index contributed by atoms with van der Waals surface area (Å²) in [4.78, 5) is 0. The summed E-state index contributed by atoms with van der Waals surface area (Å²) in [6.07, 6.45) is 3.40. The van der Waals surface area contributed by atoms with Crippen LogP contribution in [0.4, 0.5) is 0 Å². The monoisotopic (exact) mass is 224 g/mol. The van der Waals surface area contributed by atoms with Gasteiger partial charge in [-0.3, -0.25) is 0 Å². The van der Waals surface area contributed by atoms with Gasteiger partial charge in [0.1, 0.15) is 0 Å². The second-order valence-corrected chi connectivity index (χ2v) is 5.81. The predicted octanol–water partition coefficient (Wildman–Crippen LogP) is 3.85. The lowest BCUT2D eigenvalue weighted by molar-refractivity contribution is 0.0564. The molecule has 0 amide bonds. The maximum absolute atomic E-state index is 10.2. The first-order chi connectivity index (χ1) is 7.18. The SMILES string of the molecule is CC1CCC(C(O)c2ccsc2)CC1C. The fraction of sp³-hybridized carbons (Fsp3) is 0.692. The standard InChI is InChI=1S/C13H20OS/c1-9-3-4-11(7-10(9)2)13(14)12-5-6-15-8-12/h5-6,8-11,13-14H,3-4,7H2,1-2H3. The number of thiophene rings is 1. The van der Waals surface area contributed by atoms with E-state index in [9.17, 15) is 5.11 Å². The van der Waals surface area contributed by atoms with Crippen LogP contribution in [0.25, 0.3) is 0 Å². The fourth-order valence-electron chi connectivity index (χ4n) is 2.59. The third-order valence-electron chi connectivity index (χ3n) is 3.97. The van der Waals surface area contributed by atoms with Crippen molar-refractivity contribution in [2.75, 3.05) is 0 Å². The molecular weight excluding hydrogens is 204 g/mol. The van der Waals surface area contributed by atoms with E-state index in [1.807, 2.05) is 5.38 Å². The zero-order valence-corrected chi connectivity index (χ0v) is 10.3. The van der Waals surface area contributed by atoms with Crippen LogP contribution in [0.5, 0.6) is 0 Å². The van der Waals surface area contributed by atoms with Crippen LogP contribution in [0.15, 0.2) is 16.8 Å². The molecule has 2 heteroatoms. The van der Waals surface area contributed by atoms with Crippen LogP contribution in [0.1, 0.15) is 44.8 Å². The molecule has 0 aliphatic heterocycles. The van der Waals surface area contributed by atoms with Gasteiger partial charge in [0.15, 0.2) is 0 Å². The van der Waals surface area contributed by atoms with Crippen LogP contribution >= 0.6 is 11.3 Å². The van der Waals surface area contributed by atoms with E-state index < -0.39 is 0 Å². The first-order valence-corrected chi connectivity index (χ1v) is 6.83. The largest absolute Gasteiger partial charge is 0.388 e. The van der Waals surface area contributed by atoms with E-state index in [4.69, 9.17) is 0 Å². The smallest absolute Gasteiger partial charge is 0.0826 e. The van der Waals surface area contributed by atoms with Gasteiger partial charge in [0.05, 0.1) is 6.10 Å². The van der Waals surface area contributed by atoms with Crippen molar-refractivity contribution in [1.29, 1.82) is 0 Å². The predicted molar refractivity (Wildman–Crippen MR) is 64.9 cm³/mol. The van der Waals surface area contributed by atoms with Crippen LogP contribution in [-0.2, 0) is 0 Å². The molecule has 1 aromatic heterocycles. The lowest BCUT2D eigenvalue weighted by atomic mass is 9.73. The highest BCUT2D eigenvalue weighted by molar-refractivity contribution is 7.07. The summed E-state index contributed by atoms with van der Waals surface area (Å²) in [7, 11) is 0. The van der Waals surface area contributed by atoms with Crippen LogP contribution in [0.3, 0.4) is 0 Å². The molecule has 1 saturated carbocycles. The highest BCUT2D eigenvalue weighted by Gasteiger charge is 2.29. The van der Waals surface area contributed by atoms with Crippen molar-refractivity contribution in [3.8, 4) is 0 Å². The molecule has 1 aliphatic rings. The maximum Gasteiger partial charge on any atom is 0.0826 e. The van der Waals surface area contributed by atoms with Crippen LogP contribution in [0.2, 0.25) is 0 Å². The quantitative estimate of drug-likeness (QED) is 0.809. The second kappa shape index (κ2) is 4.67. The van der Waals surface area contributed by atoms with Gasteiger partial charge in [-0.15, -0.1) is 0 Å². The van der Waals surface area contributed by atoms with E-state index in [1.165, 1.54) is 19.3 Å². The molecule has 4 unspecified atom stereocenters. The molecule has 1 aliphatic carbocycles. The number of rotatable bonds is 2. The summed E-state index contributed by atoms with van der Waals surface area (Å²) in [5.74, 6) is 2.07. The summed E-state index contributed by atoms with van der Waals surface area (Å²) in [6.45, 7) is 4.65. The summed E-state index contributed by atoms with van der Waals surface area (Å²) in [6, 6.07) is 2.05. The highest BCUT2D eigenvalue weighted by atomic mass is 32.1. The summed E-state index contributed by atoms with van der Waals surface area (Å²) >= 11 is 1.67. The third-order valence-corrected chi connectivity index (χ3v) is 4.67. The van der Waals surface area contributed by atoms with Gasteiger partial charge in [-0.05, 0) is 53.0 Å². The molecule has 2 rings (SSSR count). The average Bonchev–Trinajstić information content (AvgIpc) is 2.74. The molecule has 0 bridgehead atoms. The van der Waals surface area contributed by atoms with Gasteiger partial charge < -0.3 is 5.11 Å². The summed E-state index contributed by atoms with van der Waals surface area (Å²) in [5, 5.41) is 14.4. The van der Waals surface area contributed by atoms with Crippen molar-refractivity contribution in [2.45, 2.75) is 39.2 Å². The Bertz CT molecular complexity index is 293. The van der Waals surface area contributed by atoms with Crippen molar-refractivity contribution in [2.24, 2.45) is 17.8 Å². The van der Waals surface area contributed by atoms with Gasteiger partial charge in [0.2, 0.25) is 0 Å². The van der Waals surface area contributed by atoms with Crippen LogP contribution in [0, 0.1) is 17.8 Å². The van der Waals surface area contributed by atoms with Gasteiger partial charge in [-0.1, -0.05) is 20.3 Å². The minimum atomic E-state index is -0.230. The first-order valence-electron chi connectivity index (χ1n) is 5.88. The van der Waals surface area contributed by atoms with Gasteiger partial charge in [0, 0.05) is 0 Å². The molecule has 0 radical (unpaired) electrons. The fourth-order valence-corrected chi connectivity index (χ4v) is 3.28. The van der Waals surface area contributed by atoms with Gasteiger partial charge >= 0.3 is 0 Å². The molecule has 4 atom stereocenters. The molecule has 15 heavy (non-hydrogen) atoms. The Balaban J connectivity index is 2.00. The van der Waals surface area contributed by atoms with Gasteiger partial charge in [0.25, 0.3) is 0 Å². The number of hydrogen-bond donors (Lipinski definition) is 1. The second-order valence-electron chi connectivity index (χ2n) is 5.03. The van der Waals surface area contributed by atoms with Gasteiger partial charge in [-0.25, -0.2) is 0 Å². The average molecular weight is 224 g/mol. The van der Waals surface area contributed by atoms with E-state index in [0.717, 1.165) is 17.4 Å². The molecule has 0 aromatic carbocycles. The molecular formula is C13H20OS. The minimum absolute atomic E-state index is 0.230. The van der Waals surface area contributed by atoms with E-state index in [2.05, 4.69) is 25.3 Å². The third kappa shape index (κ3) is 2.43. The zero-order chi connectivity index (χ0) is 10.8. The molecule has 0 saturated heterocycles. The molecule has 84 valence electrons. The Morgan fingerprint density at radius 2 is 2.13 bits per heavy atom. The molecule has 1 aromatic rings. The first kappa shape index (κ1) is 11.2. The lowest BCUT2D eigenvalue weighted by Crippen LogP contribution is -2.25. The van der Waals surface area contributed by atoms with Crippen molar-refractivity contribution >= 4 is 11.3 Å². The van der Waals surface area contributed by atoms with Crippen LogP contribution < -0.4 is 0 Å². The van der Waals surface area contributed by atoms with Crippen molar-refractivity contribution in [3.63, 3.8) is 0 Å². The Kier molecular flexibility index (Phi) is 3.47. The number of aliphatic hydroxyl groups is 1. The topological polar surface area (TPSA) is 20.2 Å². The molecule has 0 spiro atoms. The molecule has 1 nitrogen and oxygen atoms in total. The maximum atomic E-state index is 10.2. The Labute approximate surface area is 96.1 Å². The van der Waals surface area contributed by atoms with E-state index in [1.54, 1.807) is 11.3 Å².